The number of rotatable bonds is 5. The van der Waals surface area contributed by atoms with Gasteiger partial charge in [-0.05, 0) is 32.9 Å². The third kappa shape index (κ3) is 2.45. The Labute approximate surface area is 120 Å². The Morgan fingerprint density at radius 1 is 1.45 bits per heavy atom. The number of ether oxygens (including phenoxy) is 1. The summed E-state index contributed by atoms with van der Waals surface area (Å²) in [5, 5.41) is 9.47. The van der Waals surface area contributed by atoms with Crippen molar-refractivity contribution in [2.75, 3.05) is 13.7 Å². The van der Waals surface area contributed by atoms with Crippen LogP contribution in [-0.4, -0.2) is 35.6 Å². The fourth-order valence-corrected chi connectivity index (χ4v) is 3.14. The molecule has 1 saturated heterocycles. The molecule has 20 heavy (non-hydrogen) atoms. The van der Waals surface area contributed by atoms with Crippen LogP contribution >= 0.6 is 0 Å². The maximum absolute atomic E-state index is 5.83. The van der Waals surface area contributed by atoms with Gasteiger partial charge in [-0.2, -0.15) is 5.10 Å². The monoisotopic (exact) mass is 273 g/mol. The summed E-state index contributed by atoms with van der Waals surface area (Å²) in [5.41, 5.74) is 2.41. The van der Waals surface area contributed by atoms with Crippen LogP contribution in [0, 0.1) is 0 Å². The summed E-state index contributed by atoms with van der Waals surface area (Å²) in [5.74, 6) is 0. The first kappa shape index (κ1) is 13.6. The van der Waals surface area contributed by atoms with Crippen molar-refractivity contribution in [2.24, 2.45) is 0 Å². The van der Waals surface area contributed by atoms with Crippen molar-refractivity contribution in [3.05, 3.63) is 30.0 Å². The molecule has 1 N–H and O–H groups in total. The molecule has 1 fully saturated rings. The smallest absolute Gasteiger partial charge is 0.0732 e. The van der Waals surface area contributed by atoms with Gasteiger partial charge in [0.1, 0.15) is 0 Å². The molecule has 0 spiro atoms. The molecule has 3 rings (SSSR count). The van der Waals surface area contributed by atoms with E-state index >= 15 is 0 Å². The fraction of sp³-hybridized carbons (Fsp3) is 0.562. The molecule has 2 unspecified atom stereocenters. The quantitative estimate of drug-likeness (QED) is 0.909. The van der Waals surface area contributed by atoms with E-state index in [2.05, 4.69) is 41.2 Å². The van der Waals surface area contributed by atoms with Crippen molar-refractivity contribution in [1.82, 2.24) is 15.1 Å². The summed E-state index contributed by atoms with van der Waals surface area (Å²) in [6, 6.07) is 8.84. The van der Waals surface area contributed by atoms with Crippen molar-refractivity contribution in [2.45, 2.75) is 44.9 Å². The van der Waals surface area contributed by atoms with Crippen molar-refractivity contribution >= 4 is 10.9 Å². The van der Waals surface area contributed by atoms with E-state index in [1.807, 2.05) is 7.05 Å². The van der Waals surface area contributed by atoms with E-state index in [9.17, 15) is 0 Å². The number of para-hydroxylation sites is 1. The van der Waals surface area contributed by atoms with Crippen LogP contribution in [0.25, 0.3) is 10.9 Å². The maximum Gasteiger partial charge on any atom is 0.0732 e. The molecule has 0 bridgehead atoms. The van der Waals surface area contributed by atoms with Gasteiger partial charge < -0.3 is 10.1 Å². The average molecular weight is 273 g/mol. The number of aromatic nitrogens is 2. The van der Waals surface area contributed by atoms with Crippen molar-refractivity contribution < 1.29 is 4.74 Å². The van der Waals surface area contributed by atoms with Crippen LogP contribution in [0.4, 0.5) is 0 Å². The van der Waals surface area contributed by atoms with Gasteiger partial charge >= 0.3 is 0 Å². The maximum atomic E-state index is 5.83. The summed E-state index contributed by atoms with van der Waals surface area (Å²) >= 11 is 0. The third-order valence-electron chi connectivity index (χ3n) is 4.23. The number of hydrogen-bond donors (Lipinski definition) is 1. The second-order valence-corrected chi connectivity index (χ2v) is 5.43. The van der Waals surface area contributed by atoms with Gasteiger partial charge in [-0.15, -0.1) is 0 Å². The van der Waals surface area contributed by atoms with Crippen molar-refractivity contribution in [1.29, 1.82) is 0 Å². The van der Waals surface area contributed by atoms with E-state index in [0.717, 1.165) is 26.0 Å². The minimum atomic E-state index is 0.325. The lowest BCUT2D eigenvalue weighted by molar-refractivity contribution is 0.0806. The van der Waals surface area contributed by atoms with Crippen LogP contribution in [0.15, 0.2) is 24.3 Å². The van der Waals surface area contributed by atoms with Crippen LogP contribution in [0.5, 0.6) is 0 Å². The van der Waals surface area contributed by atoms with Gasteiger partial charge in [0.05, 0.1) is 17.3 Å². The number of hydrogen-bond acceptors (Lipinski definition) is 3. The van der Waals surface area contributed by atoms with Gasteiger partial charge in [-0.3, -0.25) is 4.68 Å². The van der Waals surface area contributed by atoms with Gasteiger partial charge in [-0.25, -0.2) is 0 Å². The highest BCUT2D eigenvalue weighted by Gasteiger charge is 2.26. The molecule has 1 aromatic heterocycles. The Balaban J connectivity index is 1.89. The predicted octanol–water partition coefficient (Wildman–Crippen LogP) is 2.37. The second kappa shape index (κ2) is 5.94. The standard InChI is InChI=1S/C16H23N3O/c1-3-19-15-8-5-4-7-12(15)13(18-19)11-14(17-2)16-9-6-10-20-16/h4-5,7-8,14,16-17H,3,6,9-11H2,1-2H3. The normalized spacial score (nSPS) is 20.6. The Bertz CT molecular complexity index is 572. The molecular formula is C16H23N3O. The van der Waals surface area contributed by atoms with Crippen LogP contribution in [0.3, 0.4) is 0 Å². The van der Waals surface area contributed by atoms with Gasteiger partial charge in [0, 0.05) is 31.0 Å². The Kier molecular flexibility index (Phi) is 4.03. The third-order valence-corrected chi connectivity index (χ3v) is 4.23. The molecule has 2 atom stereocenters. The molecule has 0 radical (unpaired) electrons. The Morgan fingerprint density at radius 3 is 3.00 bits per heavy atom. The topological polar surface area (TPSA) is 39.1 Å². The SMILES string of the molecule is CCn1nc(CC(NC)C2CCCO2)c2ccccc21. The number of nitrogens with zero attached hydrogens (tertiary/aromatic N) is 2. The first-order valence-electron chi connectivity index (χ1n) is 7.56. The van der Waals surface area contributed by atoms with Crippen LogP contribution in [0.2, 0.25) is 0 Å². The first-order valence-corrected chi connectivity index (χ1v) is 7.56. The molecule has 2 heterocycles. The highest BCUT2D eigenvalue weighted by molar-refractivity contribution is 5.82. The van der Waals surface area contributed by atoms with Gasteiger partial charge in [0.15, 0.2) is 0 Å². The van der Waals surface area contributed by atoms with Crippen molar-refractivity contribution in [3.63, 3.8) is 0 Å². The van der Waals surface area contributed by atoms with Crippen LogP contribution in [-0.2, 0) is 17.7 Å². The summed E-state index contributed by atoms with van der Waals surface area (Å²) in [6.07, 6.45) is 3.57. The molecule has 108 valence electrons. The highest BCUT2D eigenvalue weighted by atomic mass is 16.5. The zero-order valence-electron chi connectivity index (χ0n) is 12.3. The highest BCUT2D eigenvalue weighted by Crippen LogP contribution is 2.23. The number of aryl methyl sites for hydroxylation is 1. The van der Waals surface area contributed by atoms with E-state index in [-0.39, 0.29) is 0 Å². The summed E-state index contributed by atoms with van der Waals surface area (Å²) < 4.78 is 7.92. The molecule has 2 aromatic rings. The lowest BCUT2D eigenvalue weighted by Crippen LogP contribution is -2.39. The van der Waals surface area contributed by atoms with E-state index in [0.29, 0.717) is 12.1 Å². The molecule has 0 aliphatic carbocycles. The molecule has 1 aliphatic heterocycles. The van der Waals surface area contributed by atoms with E-state index in [1.165, 1.54) is 23.0 Å². The number of likely N-dealkylation sites (N-methyl/N-ethyl adjacent to an activating group) is 1. The fourth-order valence-electron chi connectivity index (χ4n) is 3.14. The Morgan fingerprint density at radius 2 is 2.30 bits per heavy atom. The van der Waals surface area contributed by atoms with Gasteiger partial charge in [-0.1, -0.05) is 18.2 Å². The predicted molar refractivity (Wildman–Crippen MR) is 80.9 cm³/mol. The van der Waals surface area contributed by atoms with E-state index in [4.69, 9.17) is 9.84 Å². The average Bonchev–Trinajstić information content (AvgIpc) is 3.13. The Hall–Kier alpha value is -1.39. The summed E-state index contributed by atoms with van der Waals surface area (Å²) in [6.45, 7) is 3.94. The summed E-state index contributed by atoms with van der Waals surface area (Å²) in [4.78, 5) is 0. The minimum absolute atomic E-state index is 0.325. The zero-order chi connectivity index (χ0) is 13.9. The molecule has 4 heteroatoms. The first-order chi connectivity index (χ1) is 9.83. The van der Waals surface area contributed by atoms with Gasteiger partial charge in [0.2, 0.25) is 0 Å². The van der Waals surface area contributed by atoms with Gasteiger partial charge in [0.25, 0.3) is 0 Å². The molecular weight excluding hydrogens is 250 g/mol. The number of fused-ring (bicyclic) bond motifs is 1. The molecule has 0 saturated carbocycles. The lowest BCUT2D eigenvalue weighted by Gasteiger charge is -2.21. The number of benzene rings is 1. The number of nitrogens with one attached hydrogen (secondary N) is 1. The van der Waals surface area contributed by atoms with E-state index in [1.54, 1.807) is 0 Å². The molecule has 4 nitrogen and oxygen atoms in total. The second-order valence-electron chi connectivity index (χ2n) is 5.43. The molecule has 0 amide bonds. The lowest BCUT2D eigenvalue weighted by atomic mass is 10.0. The molecule has 1 aromatic carbocycles. The largest absolute Gasteiger partial charge is 0.377 e. The minimum Gasteiger partial charge on any atom is -0.377 e. The zero-order valence-corrected chi connectivity index (χ0v) is 12.3. The van der Waals surface area contributed by atoms with Crippen LogP contribution < -0.4 is 5.32 Å². The molecule has 1 aliphatic rings. The van der Waals surface area contributed by atoms with Crippen LogP contribution in [0.1, 0.15) is 25.5 Å². The van der Waals surface area contributed by atoms with E-state index < -0.39 is 0 Å². The van der Waals surface area contributed by atoms with Crippen molar-refractivity contribution in [3.8, 4) is 0 Å². The summed E-state index contributed by atoms with van der Waals surface area (Å²) in [7, 11) is 2.02.